The molecule has 1 unspecified atom stereocenters. The summed E-state index contributed by atoms with van der Waals surface area (Å²) < 4.78 is 16.5. The molecule has 3 aromatic carbocycles. The summed E-state index contributed by atoms with van der Waals surface area (Å²) in [7, 11) is 1.64. The molecule has 2 aromatic heterocycles. The van der Waals surface area contributed by atoms with Crippen molar-refractivity contribution in [3.63, 3.8) is 0 Å². The van der Waals surface area contributed by atoms with Crippen molar-refractivity contribution in [3.8, 4) is 11.1 Å². The van der Waals surface area contributed by atoms with Crippen molar-refractivity contribution < 1.29 is 14.0 Å². The molecule has 5 aromatic rings. The van der Waals surface area contributed by atoms with Crippen LogP contribution in [0.4, 0.5) is 10.1 Å². The number of carbonyl (C=O) groups is 2. The molecule has 3 N–H and O–H groups in total. The summed E-state index contributed by atoms with van der Waals surface area (Å²) in [4.78, 5) is 41.4. The minimum atomic E-state index is -1.07. The third-order valence-electron chi connectivity index (χ3n) is 6.60. The van der Waals surface area contributed by atoms with Crippen molar-refractivity contribution in [2.45, 2.75) is 12.0 Å². The maximum absolute atomic E-state index is 15.1. The Morgan fingerprint density at radius 3 is 2.15 bits per heavy atom. The number of aryl methyl sites for hydroxylation is 1. The number of hydrogen-bond donors (Lipinski definition) is 3. The molecule has 40 heavy (non-hydrogen) atoms. The van der Waals surface area contributed by atoms with Gasteiger partial charge in [0.05, 0.1) is 0 Å². The van der Waals surface area contributed by atoms with Gasteiger partial charge in [0.2, 0.25) is 11.5 Å². The molecular weight excluding hydrogens is 509 g/mol. The lowest BCUT2D eigenvalue weighted by Gasteiger charge is -2.28. The van der Waals surface area contributed by atoms with Crippen LogP contribution < -0.4 is 16.2 Å². The van der Waals surface area contributed by atoms with Gasteiger partial charge >= 0.3 is 0 Å². The predicted octanol–water partition coefficient (Wildman–Crippen LogP) is 4.48. The lowest BCUT2D eigenvalue weighted by Crippen LogP contribution is -2.48. The molecule has 0 aliphatic rings. The summed E-state index contributed by atoms with van der Waals surface area (Å²) in [6.45, 7) is 0. The molecule has 0 bridgehead atoms. The number of nitrogens with one attached hydrogen (secondary N) is 3. The second-order valence-corrected chi connectivity index (χ2v) is 9.22. The molecule has 0 radical (unpaired) electrons. The van der Waals surface area contributed by atoms with E-state index < -0.39 is 29.6 Å². The Labute approximate surface area is 229 Å². The van der Waals surface area contributed by atoms with E-state index in [0.29, 0.717) is 5.56 Å². The van der Waals surface area contributed by atoms with E-state index in [1.165, 1.54) is 35.3 Å². The highest BCUT2D eigenvalue weighted by Crippen LogP contribution is 2.30. The molecule has 2 heterocycles. The van der Waals surface area contributed by atoms with Gasteiger partial charge in [-0.05, 0) is 47.0 Å². The fourth-order valence-electron chi connectivity index (χ4n) is 4.67. The van der Waals surface area contributed by atoms with E-state index in [9.17, 15) is 14.4 Å². The Balaban J connectivity index is 1.51. The monoisotopic (exact) mass is 535 g/mol. The van der Waals surface area contributed by atoms with Crippen LogP contribution in [0.1, 0.15) is 27.5 Å². The van der Waals surface area contributed by atoms with Crippen molar-refractivity contribution in [2.24, 2.45) is 7.05 Å². The summed E-state index contributed by atoms with van der Waals surface area (Å²) >= 11 is 0. The first-order valence-electron chi connectivity index (χ1n) is 12.6. The van der Waals surface area contributed by atoms with Gasteiger partial charge in [-0.3, -0.25) is 19.1 Å². The van der Waals surface area contributed by atoms with Gasteiger partial charge in [0.1, 0.15) is 17.6 Å². The number of H-pyrrole nitrogens is 1. The standard InChI is InChI=1S/C31H26FN5O3/c1-37-26(15-17-34-37)30(39)36-29(28(20-8-4-2-5-9-20)21-10-6-3-7-11-21)31(40)35-23-12-13-24(25(32)19-23)22-14-16-33-27(38)18-22/h2-19,28-29H,1H3,(H,33,38)(H,35,40)(H,36,39). The highest BCUT2D eigenvalue weighted by atomic mass is 19.1. The molecular formula is C31H26FN5O3. The summed E-state index contributed by atoms with van der Waals surface area (Å²) in [6.07, 6.45) is 2.94. The Morgan fingerprint density at radius 2 is 1.57 bits per heavy atom. The number of rotatable bonds is 8. The number of benzene rings is 3. The highest BCUT2D eigenvalue weighted by Gasteiger charge is 2.33. The van der Waals surface area contributed by atoms with Gasteiger partial charge in [0, 0.05) is 42.7 Å². The maximum Gasteiger partial charge on any atom is 0.270 e. The van der Waals surface area contributed by atoms with Crippen molar-refractivity contribution in [2.75, 3.05) is 5.32 Å². The molecule has 0 saturated carbocycles. The zero-order chi connectivity index (χ0) is 28.1. The molecule has 0 spiro atoms. The highest BCUT2D eigenvalue weighted by molar-refractivity contribution is 6.01. The quantitative estimate of drug-likeness (QED) is 0.272. The number of aromatic amines is 1. The van der Waals surface area contributed by atoms with Crippen LogP contribution in [0.5, 0.6) is 0 Å². The number of pyridine rings is 1. The van der Waals surface area contributed by atoms with E-state index in [0.717, 1.165) is 11.1 Å². The second-order valence-electron chi connectivity index (χ2n) is 9.22. The van der Waals surface area contributed by atoms with Gasteiger partial charge in [-0.15, -0.1) is 0 Å². The summed E-state index contributed by atoms with van der Waals surface area (Å²) in [5.74, 6) is -2.18. The van der Waals surface area contributed by atoms with Gasteiger partial charge in [0.15, 0.2) is 0 Å². The Bertz CT molecular complexity index is 1660. The van der Waals surface area contributed by atoms with Crippen LogP contribution in [0.3, 0.4) is 0 Å². The summed E-state index contributed by atoms with van der Waals surface area (Å²) in [5.41, 5.74) is 2.39. The zero-order valence-electron chi connectivity index (χ0n) is 21.5. The number of aromatic nitrogens is 3. The molecule has 0 saturated heterocycles. The fraction of sp³-hybridized carbons (Fsp3) is 0.0968. The molecule has 0 aliphatic heterocycles. The number of hydrogen-bond acceptors (Lipinski definition) is 4. The van der Waals surface area contributed by atoms with Crippen molar-refractivity contribution in [1.29, 1.82) is 0 Å². The lowest BCUT2D eigenvalue weighted by atomic mass is 9.84. The fourth-order valence-corrected chi connectivity index (χ4v) is 4.67. The summed E-state index contributed by atoms with van der Waals surface area (Å²) in [6, 6.07) is 26.4. The van der Waals surface area contributed by atoms with Crippen LogP contribution in [0.2, 0.25) is 0 Å². The van der Waals surface area contributed by atoms with Crippen LogP contribution in [0, 0.1) is 5.82 Å². The second kappa shape index (κ2) is 11.6. The Hall–Kier alpha value is -5.31. The Kier molecular flexibility index (Phi) is 7.63. The average Bonchev–Trinajstić information content (AvgIpc) is 3.40. The van der Waals surface area contributed by atoms with E-state index in [1.807, 2.05) is 60.7 Å². The molecule has 0 fully saturated rings. The predicted molar refractivity (Wildman–Crippen MR) is 150 cm³/mol. The number of nitrogens with zero attached hydrogens (tertiary/aromatic N) is 2. The topological polar surface area (TPSA) is 109 Å². The number of amides is 2. The van der Waals surface area contributed by atoms with Crippen molar-refractivity contribution >= 4 is 17.5 Å². The van der Waals surface area contributed by atoms with Gasteiger partial charge in [-0.2, -0.15) is 5.10 Å². The van der Waals surface area contributed by atoms with Crippen LogP contribution in [0.15, 0.2) is 114 Å². The van der Waals surface area contributed by atoms with Gasteiger partial charge in [-0.1, -0.05) is 60.7 Å². The SMILES string of the molecule is Cn1nccc1C(=O)NC(C(=O)Nc1ccc(-c2cc[nH]c(=O)c2)c(F)c1)C(c1ccccc1)c1ccccc1. The molecule has 9 heteroatoms. The molecule has 8 nitrogen and oxygen atoms in total. The van der Waals surface area contributed by atoms with Gasteiger partial charge in [-0.25, -0.2) is 4.39 Å². The smallest absolute Gasteiger partial charge is 0.270 e. The zero-order valence-corrected chi connectivity index (χ0v) is 21.5. The van der Waals surface area contributed by atoms with Crippen LogP contribution in [0.25, 0.3) is 11.1 Å². The van der Waals surface area contributed by atoms with Crippen molar-refractivity contribution in [1.82, 2.24) is 20.1 Å². The minimum Gasteiger partial charge on any atom is -0.338 e. The number of halogens is 1. The van der Waals surface area contributed by atoms with E-state index in [1.54, 1.807) is 25.2 Å². The average molecular weight is 536 g/mol. The lowest BCUT2D eigenvalue weighted by molar-refractivity contribution is -0.118. The molecule has 0 aliphatic carbocycles. The Morgan fingerprint density at radius 1 is 0.900 bits per heavy atom. The van der Waals surface area contributed by atoms with E-state index in [4.69, 9.17) is 0 Å². The van der Waals surface area contributed by atoms with E-state index in [2.05, 4.69) is 20.7 Å². The molecule has 200 valence electrons. The first-order chi connectivity index (χ1) is 19.4. The largest absolute Gasteiger partial charge is 0.338 e. The third-order valence-corrected chi connectivity index (χ3v) is 6.60. The normalized spacial score (nSPS) is 11.7. The maximum atomic E-state index is 15.1. The van der Waals surface area contributed by atoms with Gasteiger partial charge < -0.3 is 15.6 Å². The summed E-state index contributed by atoms with van der Waals surface area (Å²) in [5, 5.41) is 9.73. The van der Waals surface area contributed by atoms with Crippen LogP contribution in [-0.4, -0.2) is 32.6 Å². The van der Waals surface area contributed by atoms with Crippen LogP contribution >= 0.6 is 0 Å². The van der Waals surface area contributed by atoms with E-state index in [-0.39, 0.29) is 22.5 Å². The van der Waals surface area contributed by atoms with Crippen LogP contribution in [-0.2, 0) is 11.8 Å². The molecule has 2 amide bonds. The third kappa shape index (κ3) is 5.73. The number of carbonyl (C=O) groups excluding carboxylic acids is 2. The molecule has 1 atom stereocenters. The first-order valence-corrected chi connectivity index (χ1v) is 12.6. The van der Waals surface area contributed by atoms with E-state index >= 15 is 4.39 Å². The molecule has 5 rings (SSSR count). The van der Waals surface area contributed by atoms with Crippen molar-refractivity contribution in [3.05, 3.63) is 142 Å². The first kappa shape index (κ1) is 26.3. The minimum absolute atomic E-state index is 0.204. The van der Waals surface area contributed by atoms with Gasteiger partial charge in [0.25, 0.3) is 5.91 Å². The number of anilines is 1.